The Kier molecular flexibility index (Phi) is 6.00. The molecule has 0 saturated heterocycles. The number of amides is 1. The van der Waals surface area contributed by atoms with Gasteiger partial charge in [-0.1, -0.05) is 41.9 Å². The quantitative estimate of drug-likeness (QED) is 0.482. The number of halogens is 1. The van der Waals surface area contributed by atoms with Crippen molar-refractivity contribution in [2.75, 3.05) is 12.4 Å². The maximum absolute atomic E-state index is 13.2. The van der Waals surface area contributed by atoms with Gasteiger partial charge in [-0.3, -0.25) is 18.7 Å². The van der Waals surface area contributed by atoms with Crippen LogP contribution < -0.4 is 21.3 Å². The van der Waals surface area contributed by atoms with Gasteiger partial charge in [0.25, 0.3) is 5.56 Å². The highest BCUT2D eigenvalue weighted by molar-refractivity contribution is 6.31. The molecule has 0 bridgehead atoms. The van der Waals surface area contributed by atoms with Crippen LogP contribution in [0.25, 0.3) is 11.2 Å². The summed E-state index contributed by atoms with van der Waals surface area (Å²) >= 11 is 6.02. The van der Waals surface area contributed by atoms with Gasteiger partial charge in [-0.05, 0) is 23.8 Å². The molecule has 1 N–H and O–H groups in total. The topological polar surface area (TPSA) is 108 Å². The Bertz CT molecular complexity index is 1420. The van der Waals surface area contributed by atoms with Gasteiger partial charge >= 0.3 is 5.69 Å². The fourth-order valence-corrected chi connectivity index (χ4v) is 3.46. The maximum atomic E-state index is 13.2. The minimum absolute atomic E-state index is 0.00355. The monoisotopic (exact) mass is 451 g/mol. The fraction of sp³-hybridized carbons (Fsp3) is 0.136. The van der Waals surface area contributed by atoms with Crippen LogP contribution in [-0.2, 0) is 17.9 Å². The van der Waals surface area contributed by atoms with E-state index in [9.17, 15) is 14.4 Å². The smallest absolute Gasteiger partial charge is 0.333 e. The molecule has 162 valence electrons. The number of hydrogen-bond acceptors (Lipinski definition) is 6. The highest BCUT2D eigenvalue weighted by Gasteiger charge is 2.18. The molecule has 2 aromatic heterocycles. The molecule has 4 rings (SSSR count). The van der Waals surface area contributed by atoms with Gasteiger partial charge in [-0.2, -0.15) is 0 Å². The van der Waals surface area contributed by atoms with E-state index < -0.39 is 23.7 Å². The average molecular weight is 452 g/mol. The molecule has 2 heterocycles. The summed E-state index contributed by atoms with van der Waals surface area (Å²) < 4.78 is 7.40. The Morgan fingerprint density at radius 2 is 1.81 bits per heavy atom. The minimum atomic E-state index is -0.667. The van der Waals surface area contributed by atoms with E-state index in [2.05, 4.69) is 15.3 Å². The largest absolute Gasteiger partial charge is 0.495 e. The summed E-state index contributed by atoms with van der Waals surface area (Å²) in [5, 5.41) is 3.09. The second kappa shape index (κ2) is 9.03. The molecular formula is C22H18ClN5O4. The van der Waals surface area contributed by atoms with Crippen molar-refractivity contribution in [1.29, 1.82) is 0 Å². The summed E-state index contributed by atoms with van der Waals surface area (Å²) in [5.74, 6) is -0.113. The molecule has 4 aromatic rings. The molecule has 0 radical (unpaired) electrons. The van der Waals surface area contributed by atoms with Crippen LogP contribution >= 0.6 is 11.6 Å². The van der Waals surface area contributed by atoms with Crippen molar-refractivity contribution in [2.45, 2.75) is 13.1 Å². The summed E-state index contributed by atoms with van der Waals surface area (Å²) in [4.78, 5) is 47.1. The number of nitrogens with zero attached hydrogens (tertiary/aromatic N) is 4. The molecule has 1 amide bonds. The average Bonchev–Trinajstić information content (AvgIpc) is 2.80. The number of rotatable bonds is 6. The standard InChI is InChI=1S/C22H18ClN5O4/c1-32-17-8-7-15(23)11-16(17)26-18(29)13-27-20-19(24-9-10-25-20)21(30)28(22(27)31)12-14-5-3-2-4-6-14/h2-11H,12-13H2,1H3,(H,26,29). The predicted molar refractivity (Wildman–Crippen MR) is 120 cm³/mol. The second-order valence-corrected chi connectivity index (χ2v) is 7.30. The molecule has 0 spiro atoms. The van der Waals surface area contributed by atoms with Gasteiger partial charge < -0.3 is 10.1 Å². The number of nitrogens with one attached hydrogen (secondary N) is 1. The number of carbonyl (C=O) groups excluding carboxylic acids is 1. The van der Waals surface area contributed by atoms with Gasteiger partial charge in [0.2, 0.25) is 5.91 Å². The number of aromatic nitrogens is 4. The summed E-state index contributed by atoms with van der Waals surface area (Å²) in [6.07, 6.45) is 2.72. The number of hydrogen-bond donors (Lipinski definition) is 1. The molecule has 0 aliphatic rings. The van der Waals surface area contributed by atoms with Gasteiger partial charge in [0.05, 0.1) is 19.3 Å². The van der Waals surface area contributed by atoms with Crippen molar-refractivity contribution in [1.82, 2.24) is 19.1 Å². The number of ether oxygens (including phenoxy) is 1. The molecule has 0 atom stereocenters. The second-order valence-electron chi connectivity index (χ2n) is 6.87. The Morgan fingerprint density at radius 1 is 1.06 bits per heavy atom. The normalized spacial score (nSPS) is 10.8. The first-order valence-corrected chi connectivity index (χ1v) is 9.97. The number of methoxy groups -OCH3 is 1. The van der Waals surface area contributed by atoms with Gasteiger partial charge in [0, 0.05) is 17.4 Å². The zero-order chi connectivity index (χ0) is 22.7. The van der Waals surface area contributed by atoms with Crippen molar-refractivity contribution in [3.05, 3.63) is 92.3 Å². The Morgan fingerprint density at radius 3 is 2.56 bits per heavy atom. The fourth-order valence-electron chi connectivity index (χ4n) is 3.29. The SMILES string of the molecule is COc1ccc(Cl)cc1NC(=O)Cn1c(=O)n(Cc2ccccc2)c(=O)c2nccnc21. The van der Waals surface area contributed by atoms with Crippen LogP contribution in [0.1, 0.15) is 5.56 Å². The third kappa shape index (κ3) is 4.23. The van der Waals surface area contributed by atoms with Crippen LogP contribution in [0.2, 0.25) is 5.02 Å². The van der Waals surface area contributed by atoms with Crippen LogP contribution in [0.15, 0.2) is 70.5 Å². The van der Waals surface area contributed by atoms with E-state index in [-0.39, 0.29) is 17.7 Å². The van der Waals surface area contributed by atoms with Crippen LogP contribution in [-0.4, -0.2) is 32.1 Å². The zero-order valence-corrected chi connectivity index (χ0v) is 17.7. The summed E-state index contributed by atoms with van der Waals surface area (Å²) in [5.41, 5.74) is -0.105. The highest BCUT2D eigenvalue weighted by Crippen LogP contribution is 2.27. The van der Waals surface area contributed by atoms with E-state index in [1.54, 1.807) is 24.3 Å². The van der Waals surface area contributed by atoms with Gasteiger partial charge in [0.1, 0.15) is 12.3 Å². The Balaban J connectivity index is 1.75. The lowest BCUT2D eigenvalue weighted by Crippen LogP contribution is -2.42. The summed E-state index contributed by atoms with van der Waals surface area (Å²) in [6.45, 7) is -0.354. The number of fused-ring (bicyclic) bond motifs is 1. The third-order valence-electron chi connectivity index (χ3n) is 4.76. The van der Waals surface area contributed by atoms with Crippen molar-refractivity contribution in [2.24, 2.45) is 0 Å². The molecule has 9 nitrogen and oxygen atoms in total. The maximum Gasteiger partial charge on any atom is 0.333 e. The number of benzene rings is 2. The number of carbonyl (C=O) groups is 1. The van der Waals surface area contributed by atoms with Gasteiger partial charge in [0.15, 0.2) is 11.2 Å². The minimum Gasteiger partial charge on any atom is -0.495 e. The first-order valence-electron chi connectivity index (χ1n) is 9.59. The lowest BCUT2D eigenvalue weighted by molar-refractivity contribution is -0.116. The van der Waals surface area contributed by atoms with Crippen molar-refractivity contribution in [3.63, 3.8) is 0 Å². The van der Waals surface area contributed by atoms with E-state index in [0.29, 0.717) is 16.5 Å². The van der Waals surface area contributed by atoms with Crippen molar-refractivity contribution < 1.29 is 9.53 Å². The molecule has 0 saturated carbocycles. The first-order chi connectivity index (χ1) is 15.5. The summed E-state index contributed by atoms with van der Waals surface area (Å²) in [6, 6.07) is 13.8. The predicted octanol–water partition coefficient (Wildman–Crippen LogP) is 2.30. The van der Waals surface area contributed by atoms with E-state index in [4.69, 9.17) is 16.3 Å². The molecule has 0 aliphatic heterocycles. The Labute approximate surface area is 186 Å². The third-order valence-corrected chi connectivity index (χ3v) is 5.00. The zero-order valence-electron chi connectivity index (χ0n) is 17.0. The molecule has 10 heteroatoms. The Hall–Kier alpha value is -3.98. The van der Waals surface area contributed by atoms with E-state index in [0.717, 1.165) is 14.7 Å². The number of anilines is 1. The van der Waals surface area contributed by atoms with E-state index in [1.165, 1.54) is 25.6 Å². The molecule has 0 aliphatic carbocycles. The molecule has 32 heavy (non-hydrogen) atoms. The van der Waals surface area contributed by atoms with Crippen LogP contribution in [0.5, 0.6) is 5.75 Å². The summed E-state index contributed by atoms with van der Waals surface area (Å²) in [7, 11) is 1.46. The lowest BCUT2D eigenvalue weighted by atomic mass is 10.2. The molecular weight excluding hydrogens is 434 g/mol. The van der Waals surface area contributed by atoms with E-state index in [1.807, 2.05) is 18.2 Å². The van der Waals surface area contributed by atoms with Crippen molar-refractivity contribution in [3.8, 4) is 5.75 Å². The first kappa shape index (κ1) is 21.3. The highest BCUT2D eigenvalue weighted by atomic mass is 35.5. The molecule has 2 aromatic carbocycles. The van der Waals surface area contributed by atoms with E-state index >= 15 is 0 Å². The van der Waals surface area contributed by atoms with Crippen LogP contribution in [0, 0.1) is 0 Å². The van der Waals surface area contributed by atoms with Crippen molar-refractivity contribution >= 4 is 34.4 Å². The lowest BCUT2D eigenvalue weighted by Gasteiger charge is -2.14. The molecule has 0 fully saturated rings. The van der Waals surface area contributed by atoms with Gasteiger partial charge in [-0.25, -0.2) is 14.8 Å². The van der Waals surface area contributed by atoms with Crippen LogP contribution in [0.3, 0.4) is 0 Å². The van der Waals surface area contributed by atoms with Gasteiger partial charge in [-0.15, -0.1) is 0 Å². The van der Waals surface area contributed by atoms with Crippen LogP contribution in [0.4, 0.5) is 5.69 Å². The molecule has 0 unspecified atom stereocenters.